The van der Waals surface area contributed by atoms with Crippen LogP contribution in [0.1, 0.15) is 58.3 Å². The lowest BCUT2D eigenvalue weighted by molar-refractivity contribution is -0.144. The van der Waals surface area contributed by atoms with Gasteiger partial charge in [0.1, 0.15) is 6.04 Å². The summed E-state index contributed by atoms with van der Waals surface area (Å²) < 4.78 is 0. The summed E-state index contributed by atoms with van der Waals surface area (Å²) in [6.07, 6.45) is 6.98. The molecule has 5 heteroatoms. The van der Waals surface area contributed by atoms with Gasteiger partial charge in [-0.3, -0.25) is 4.79 Å². The van der Waals surface area contributed by atoms with Gasteiger partial charge in [0.25, 0.3) is 0 Å². The Hall–Kier alpha value is -1.10. The van der Waals surface area contributed by atoms with Crippen molar-refractivity contribution >= 4 is 11.9 Å². The highest BCUT2D eigenvalue weighted by atomic mass is 16.4. The van der Waals surface area contributed by atoms with E-state index in [1.54, 1.807) is 0 Å². The van der Waals surface area contributed by atoms with Crippen LogP contribution in [0, 0.1) is 5.92 Å². The number of nitrogens with one attached hydrogen (secondary N) is 1. The van der Waals surface area contributed by atoms with Crippen molar-refractivity contribution in [3.05, 3.63) is 0 Å². The second kappa shape index (κ2) is 8.15. The minimum absolute atomic E-state index is 0.0672. The minimum Gasteiger partial charge on any atom is -0.480 e. The molecule has 1 rings (SSSR count). The van der Waals surface area contributed by atoms with Crippen LogP contribution in [0.2, 0.25) is 0 Å². The third-order valence-electron chi connectivity index (χ3n) is 3.81. The van der Waals surface area contributed by atoms with E-state index in [2.05, 4.69) is 5.32 Å². The molecule has 0 aromatic rings. The van der Waals surface area contributed by atoms with Crippen molar-refractivity contribution < 1.29 is 14.7 Å². The van der Waals surface area contributed by atoms with Gasteiger partial charge < -0.3 is 16.2 Å². The number of rotatable bonds is 7. The SMILES string of the molecule is CCCC(N)CC(=O)NC(C(=O)O)C1CCCCC1. The van der Waals surface area contributed by atoms with Crippen molar-refractivity contribution in [1.82, 2.24) is 5.32 Å². The maximum absolute atomic E-state index is 11.8. The number of hydrogen-bond acceptors (Lipinski definition) is 3. The molecule has 0 aromatic heterocycles. The monoisotopic (exact) mass is 270 g/mol. The number of nitrogens with two attached hydrogens (primary N) is 1. The Kier molecular flexibility index (Phi) is 6.84. The molecule has 5 nitrogen and oxygen atoms in total. The third-order valence-corrected chi connectivity index (χ3v) is 3.81. The molecule has 1 saturated carbocycles. The number of amides is 1. The van der Waals surface area contributed by atoms with E-state index in [0.29, 0.717) is 0 Å². The molecule has 4 N–H and O–H groups in total. The van der Waals surface area contributed by atoms with Crippen molar-refractivity contribution in [3.8, 4) is 0 Å². The zero-order valence-electron chi connectivity index (χ0n) is 11.7. The Labute approximate surface area is 114 Å². The molecule has 2 atom stereocenters. The lowest BCUT2D eigenvalue weighted by Gasteiger charge is -2.28. The summed E-state index contributed by atoms with van der Waals surface area (Å²) in [7, 11) is 0. The fraction of sp³-hybridized carbons (Fsp3) is 0.857. The van der Waals surface area contributed by atoms with Crippen LogP contribution in [0.3, 0.4) is 0 Å². The van der Waals surface area contributed by atoms with E-state index < -0.39 is 12.0 Å². The largest absolute Gasteiger partial charge is 0.480 e. The van der Waals surface area contributed by atoms with Crippen LogP contribution in [-0.4, -0.2) is 29.1 Å². The summed E-state index contributed by atoms with van der Waals surface area (Å²) in [6, 6.07) is -0.924. The summed E-state index contributed by atoms with van der Waals surface area (Å²) in [6.45, 7) is 2.01. The van der Waals surface area contributed by atoms with Crippen LogP contribution in [0.15, 0.2) is 0 Å². The van der Waals surface area contributed by atoms with Crippen LogP contribution in [0.4, 0.5) is 0 Å². The normalized spacial score (nSPS) is 19.7. The second-order valence-electron chi connectivity index (χ2n) is 5.53. The molecule has 1 aliphatic carbocycles. The first-order chi connectivity index (χ1) is 9.04. The van der Waals surface area contributed by atoms with Crippen molar-refractivity contribution in [1.29, 1.82) is 0 Å². The summed E-state index contributed by atoms with van der Waals surface area (Å²) >= 11 is 0. The van der Waals surface area contributed by atoms with Crippen LogP contribution in [0.5, 0.6) is 0 Å². The highest BCUT2D eigenvalue weighted by molar-refractivity contribution is 5.84. The standard InChI is InChI=1S/C14H26N2O3/c1-2-6-11(15)9-12(17)16-13(14(18)19)10-7-4-3-5-8-10/h10-11,13H,2-9,15H2,1H3,(H,16,17)(H,18,19). The number of carbonyl (C=O) groups is 2. The van der Waals surface area contributed by atoms with E-state index >= 15 is 0 Å². The van der Waals surface area contributed by atoms with Crippen LogP contribution < -0.4 is 11.1 Å². The second-order valence-corrected chi connectivity index (χ2v) is 5.53. The molecule has 19 heavy (non-hydrogen) atoms. The van der Waals surface area contributed by atoms with Gasteiger partial charge in [0.15, 0.2) is 0 Å². The quantitative estimate of drug-likeness (QED) is 0.656. The molecule has 1 amide bonds. The van der Waals surface area contributed by atoms with E-state index in [4.69, 9.17) is 5.73 Å². The predicted molar refractivity (Wildman–Crippen MR) is 73.6 cm³/mol. The predicted octanol–water partition coefficient (Wildman–Crippen LogP) is 1.65. The average Bonchev–Trinajstić information content (AvgIpc) is 2.37. The van der Waals surface area contributed by atoms with E-state index in [1.165, 1.54) is 0 Å². The highest BCUT2D eigenvalue weighted by Crippen LogP contribution is 2.26. The lowest BCUT2D eigenvalue weighted by atomic mass is 9.84. The molecule has 110 valence electrons. The van der Waals surface area contributed by atoms with Gasteiger partial charge in [-0.1, -0.05) is 32.6 Å². The van der Waals surface area contributed by atoms with E-state index in [1.807, 2.05) is 6.92 Å². The zero-order chi connectivity index (χ0) is 14.3. The van der Waals surface area contributed by atoms with E-state index in [-0.39, 0.29) is 24.3 Å². The van der Waals surface area contributed by atoms with Gasteiger partial charge in [-0.05, 0) is 25.2 Å². The molecular formula is C14H26N2O3. The minimum atomic E-state index is -0.927. The van der Waals surface area contributed by atoms with Crippen LogP contribution >= 0.6 is 0 Å². The molecule has 0 saturated heterocycles. The zero-order valence-corrected chi connectivity index (χ0v) is 11.7. The van der Waals surface area contributed by atoms with Gasteiger partial charge >= 0.3 is 5.97 Å². The summed E-state index contributed by atoms with van der Waals surface area (Å²) in [5.74, 6) is -1.10. The molecule has 1 aliphatic rings. The molecule has 1 fully saturated rings. The van der Waals surface area contributed by atoms with Crippen molar-refractivity contribution in [2.24, 2.45) is 11.7 Å². The van der Waals surface area contributed by atoms with Gasteiger partial charge in [-0.2, -0.15) is 0 Å². The van der Waals surface area contributed by atoms with Gasteiger partial charge in [0, 0.05) is 12.5 Å². The van der Waals surface area contributed by atoms with Crippen molar-refractivity contribution in [3.63, 3.8) is 0 Å². The van der Waals surface area contributed by atoms with Gasteiger partial charge in [0.05, 0.1) is 0 Å². The first-order valence-corrected chi connectivity index (χ1v) is 7.32. The number of hydrogen-bond donors (Lipinski definition) is 3. The van der Waals surface area contributed by atoms with Gasteiger partial charge in [-0.15, -0.1) is 0 Å². The maximum atomic E-state index is 11.8. The average molecular weight is 270 g/mol. The summed E-state index contributed by atoms with van der Waals surface area (Å²) in [5, 5.41) is 11.9. The fourth-order valence-corrected chi connectivity index (χ4v) is 2.79. The first kappa shape index (κ1) is 16.0. The molecule has 0 aromatic carbocycles. The molecule has 0 aliphatic heterocycles. The number of carboxylic acid groups (broad SMARTS) is 1. The van der Waals surface area contributed by atoms with Gasteiger partial charge in [0.2, 0.25) is 5.91 Å². The van der Waals surface area contributed by atoms with E-state index in [0.717, 1.165) is 44.9 Å². The molecule has 0 spiro atoms. The van der Waals surface area contributed by atoms with Crippen molar-refractivity contribution in [2.45, 2.75) is 70.4 Å². The maximum Gasteiger partial charge on any atom is 0.326 e. The number of carboxylic acids is 1. The van der Waals surface area contributed by atoms with Gasteiger partial charge in [-0.25, -0.2) is 4.79 Å². The summed E-state index contributed by atoms with van der Waals surface area (Å²) in [4.78, 5) is 23.1. The smallest absolute Gasteiger partial charge is 0.326 e. The van der Waals surface area contributed by atoms with Crippen LogP contribution in [-0.2, 0) is 9.59 Å². The lowest BCUT2D eigenvalue weighted by Crippen LogP contribution is -2.47. The molecule has 2 unspecified atom stereocenters. The molecule has 0 bridgehead atoms. The Bertz CT molecular complexity index is 301. The fourth-order valence-electron chi connectivity index (χ4n) is 2.79. The number of carbonyl (C=O) groups excluding carboxylic acids is 1. The third kappa shape index (κ3) is 5.59. The molecular weight excluding hydrogens is 244 g/mol. The van der Waals surface area contributed by atoms with Crippen LogP contribution in [0.25, 0.3) is 0 Å². The molecule has 0 radical (unpaired) electrons. The summed E-state index contributed by atoms with van der Waals surface area (Å²) in [5.41, 5.74) is 5.81. The highest BCUT2D eigenvalue weighted by Gasteiger charge is 2.30. The Morgan fingerprint density at radius 3 is 2.47 bits per heavy atom. The molecule has 0 heterocycles. The Morgan fingerprint density at radius 2 is 1.95 bits per heavy atom. The Balaban J connectivity index is 2.48. The van der Waals surface area contributed by atoms with E-state index in [9.17, 15) is 14.7 Å². The Morgan fingerprint density at radius 1 is 1.32 bits per heavy atom. The van der Waals surface area contributed by atoms with Crippen molar-refractivity contribution in [2.75, 3.05) is 0 Å². The number of aliphatic carboxylic acids is 1. The topological polar surface area (TPSA) is 92.4 Å². The first-order valence-electron chi connectivity index (χ1n) is 7.32.